The van der Waals surface area contributed by atoms with Gasteiger partial charge in [0.2, 0.25) is 0 Å². The van der Waals surface area contributed by atoms with Gasteiger partial charge in [0.05, 0.1) is 10.2 Å². The standard InChI is InChI=1S/C17H17N3OS/c1-11-3-5-12(6-4-11)10-20(2)16(21)13-7-8-15-14(9-13)19-17(18)22-15/h3-9H,10H2,1-2H3,(H2,18,19). The van der Waals surface area contributed by atoms with E-state index in [9.17, 15) is 4.79 Å². The molecule has 0 unspecified atom stereocenters. The molecule has 1 heterocycles. The van der Waals surface area contributed by atoms with Gasteiger partial charge in [0.1, 0.15) is 0 Å². The molecule has 0 aliphatic carbocycles. The molecule has 22 heavy (non-hydrogen) atoms. The molecule has 0 saturated heterocycles. The molecule has 4 nitrogen and oxygen atoms in total. The molecule has 0 aliphatic heterocycles. The number of hydrogen-bond acceptors (Lipinski definition) is 4. The van der Waals surface area contributed by atoms with Gasteiger partial charge in [-0.1, -0.05) is 41.2 Å². The number of fused-ring (bicyclic) bond motifs is 1. The molecule has 3 aromatic rings. The fraction of sp³-hybridized carbons (Fsp3) is 0.176. The smallest absolute Gasteiger partial charge is 0.253 e. The third kappa shape index (κ3) is 2.94. The summed E-state index contributed by atoms with van der Waals surface area (Å²) in [6, 6.07) is 13.7. The van der Waals surface area contributed by atoms with E-state index in [1.165, 1.54) is 16.9 Å². The van der Waals surface area contributed by atoms with Crippen LogP contribution in [-0.2, 0) is 6.54 Å². The number of carbonyl (C=O) groups excluding carboxylic acids is 1. The Bertz CT molecular complexity index is 824. The first kappa shape index (κ1) is 14.5. The Balaban J connectivity index is 1.80. The molecule has 1 amide bonds. The van der Waals surface area contributed by atoms with Crippen molar-refractivity contribution in [1.29, 1.82) is 0 Å². The quantitative estimate of drug-likeness (QED) is 0.806. The third-order valence-electron chi connectivity index (χ3n) is 3.54. The van der Waals surface area contributed by atoms with Crippen molar-refractivity contribution in [2.75, 3.05) is 12.8 Å². The first-order chi connectivity index (χ1) is 10.5. The van der Waals surface area contributed by atoms with Gasteiger partial charge < -0.3 is 10.6 Å². The van der Waals surface area contributed by atoms with Crippen LogP contribution in [0.25, 0.3) is 10.2 Å². The van der Waals surface area contributed by atoms with Gasteiger partial charge in [-0.25, -0.2) is 4.98 Å². The van der Waals surface area contributed by atoms with Gasteiger partial charge >= 0.3 is 0 Å². The lowest BCUT2D eigenvalue weighted by molar-refractivity contribution is 0.0785. The van der Waals surface area contributed by atoms with Gasteiger partial charge in [-0.05, 0) is 30.7 Å². The lowest BCUT2D eigenvalue weighted by Crippen LogP contribution is -2.26. The summed E-state index contributed by atoms with van der Waals surface area (Å²) in [5.41, 5.74) is 9.43. The summed E-state index contributed by atoms with van der Waals surface area (Å²) in [4.78, 5) is 18.5. The predicted octanol–water partition coefficient (Wildman–Crippen LogP) is 3.46. The molecule has 112 valence electrons. The Morgan fingerprint density at radius 1 is 1.23 bits per heavy atom. The van der Waals surface area contributed by atoms with Gasteiger partial charge in [0, 0.05) is 19.2 Å². The molecule has 1 aromatic heterocycles. The number of rotatable bonds is 3. The van der Waals surface area contributed by atoms with E-state index in [4.69, 9.17) is 5.73 Å². The zero-order valence-corrected chi connectivity index (χ0v) is 13.4. The maximum atomic E-state index is 12.5. The van der Waals surface area contributed by atoms with E-state index >= 15 is 0 Å². The van der Waals surface area contributed by atoms with Gasteiger partial charge in [-0.2, -0.15) is 0 Å². The van der Waals surface area contributed by atoms with E-state index in [-0.39, 0.29) is 5.91 Å². The molecule has 0 bridgehead atoms. The fourth-order valence-electron chi connectivity index (χ4n) is 2.34. The van der Waals surface area contributed by atoms with E-state index in [2.05, 4.69) is 17.1 Å². The topological polar surface area (TPSA) is 59.2 Å². The predicted molar refractivity (Wildman–Crippen MR) is 91.0 cm³/mol. The Hall–Kier alpha value is -2.40. The summed E-state index contributed by atoms with van der Waals surface area (Å²) < 4.78 is 0.996. The van der Waals surface area contributed by atoms with Crippen molar-refractivity contribution in [2.45, 2.75) is 13.5 Å². The van der Waals surface area contributed by atoms with Crippen LogP contribution < -0.4 is 5.73 Å². The van der Waals surface area contributed by atoms with Crippen LogP contribution in [0.2, 0.25) is 0 Å². The summed E-state index contributed by atoms with van der Waals surface area (Å²) >= 11 is 1.43. The lowest BCUT2D eigenvalue weighted by Gasteiger charge is -2.17. The minimum absolute atomic E-state index is 0.0194. The summed E-state index contributed by atoms with van der Waals surface area (Å²) in [6.45, 7) is 2.63. The molecule has 2 aromatic carbocycles. The Morgan fingerprint density at radius 3 is 2.68 bits per heavy atom. The number of carbonyl (C=O) groups is 1. The number of benzene rings is 2. The van der Waals surface area contributed by atoms with Crippen LogP contribution in [-0.4, -0.2) is 22.8 Å². The summed E-state index contributed by atoms with van der Waals surface area (Å²) in [7, 11) is 1.81. The maximum Gasteiger partial charge on any atom is 0.253 e. The molecule has 0 atom stereocenters. The van der Waals surface area contributed by atoms with Crippen LogP contribution in [0, 0.1) is 6.92 Å². The number of anilines is 1. The highest BCUT2D eigenvalue weighted by molar-refractivity contribution is 7.22. The molecule has 0 fully saturated rings. The fourth-order valence-corrected chi connectivity index (χ4v) is 3.05. The van der Waals surface area contributed by atoms with Crippen LogP contribution >= 0.6 is 11.3 Å². The largest absolute Gasteiger partial charge is 0.375 e. The third-order valence-corrected chi connectivity index (χ3v) is 4.40. The van der Waals surface area contributed by atoms with Crippen LogP contribution in [0.3, 0.4) is 0 Å². The zero-order valence-electron chi connectivity index (χ0n) is 12.5. The molecular formula is C17H17N3OS. The highest BCUT2D eigenvalue weighted by Crippen LogP contribution is 2.25. The average Bonchev–Trinajstić information content (AvgIpc) is 2.87. The highest BCUT2D eigenvalue weighted by Gasteiger charge is 2.13. The minimum atomic E-state index is -0.0194. The van der Waals surface area contributed by atoms with Crippen molar-refractivity contribution in [3.63, 3.8) is 0 Å². The molecule has 3 rings (SSSR count). The van der Waals surface area contributed by atoms with Crippen LogP contribution in [0.5, 0.6) is 0 Å². The summed E-state index contributed by atoms with van der Waals surface area (Å²) in [5.74, 6) is -0.0194. The van der Waals surface area contributed by atoms with E-state index in [0.29, 0.717) is 17.2 Å². The lowest BCUT2D eigenvalue weighted by atomic mass is 10.1. The van der Waals surface area contributed by atoms with Crippen molar-refractivity contribution in [2.24, 2.45) is 0 Å². The number of nitrogen functional groups attached to an aromatic ring is 1. The zero-order chi connectivity index (χ0) is 15.7. The number of aryl methyl sites for hydroxylation is 1. The SMILES string of the molecule is Cc1ccc(CN(C)C(=O)c2ccc3sc(N)nc3c2)cc1. The Morgan fingerprint density at radius 2 is 1.95 bits per heavy atom. The average molecular weight is 311 g/mol. The van der Waals surface area contributed by atoms with E-state index in [1.54, 1.807) is 11.0 Å². The van der Waals surface area contributed by atoms with Crippen molar-refractivity contribution in [3.8, 4) is 0 Å². The van der Waals surface area contributed by atoms with E-state index < -0.39 is 0 Å². The molecular weight excluding hydrogens is 294 g/mol. The van der Waals surface area contributed by atoms with Crippen LogP contribution in [0.1, 0.15) is 21.5 Å². The van der Waals surface area contributed by atoms with Gasteiger partial charge in [0.15, 0.2) is 5.13 Å². The molecule has 2 N–H and O–H groups in total. The number of aromatic nitrogens is 1. The Kier molecular flexibility index (Phi) is 3.81. The van der Waals surface area contributed by atoms with E-state index in [1.807, 2.05) is 38.2 Å². The summed E-state index contributed by atoms with van der Waals surface area (Å²) in [6.07, 6.45) is 0. The second-order valence-corrected chi connectivity index (χ2v) is 6.44. The first-order valence-corrected chi connectivity index (χ1v) is 7.81. The first-order valence-electron chi connectivity index (χ1n) is 7.00. The Labute approximate surface area is 133 Å². The number of nitrogens with two attached hydrogens (primary N) is 1. The molecule has 5 heteroatoms. The van der Waals surface area contributed by atoms with Crippen molar-refractivity contribution in [1.82, 2.24) is 9.88 Å². The van der Waals surface area contributed by atoms with Crippen molar-refractivity contribution >= 4 is 32.6 Å². The highest BCUT2D eigenvalue weighted by atomic mass is 32.1. The van der Waals surface area contributed by atoms with Gasteiger partial charge in [-0.15, -0.1) is 0 Å². The van der Waals surface area contributed by atoms with Crippen LogP contribution in [0.15, 0.2) is 42.5 Å². The number of hydrogen-bond donors (Lipinski definition) is 1. The summed E-state index contributed by atoms with van der Waals surface area (Å²) in [5, 5.41) is 0.521. The molecule has 0 spiro atoms. The van der Waals surface area contributed by atoms with Crippen LogP contribution in [0.4, 0.5) is 5.13 Å². The number of amides is 1. The van der Waals surface area contributed by atoms with E-state index in [0.717, 1.165) is 15.8 Å². The number of nitrogens with zero attached hydrogens (tertiary/aromatic N) is 2. The molecule has 0 saturated carbocycles. The maximum absolute atomic E-state index is 12.5. The molecule has 0 radical (unpaired) electrons. The monoisotopic (exact) mass is 311 g/mol. The molecule has 0 aliphatic rings. The minimum Gasteiger partial charge on any atom is -0.375 e. The van der Waals surface area contributed by atoms with Gasteiger partial charge in [0.25, 0.3) is 5.91 Å². The second-order valence-electron chi connectivity index (χ2n) is 5.38. The normalized spacial score (nSPS) is 10.8. The second kappa shape index (κ2) is 5.77. The van der Waals surface area contributed by atoms with Crippen molar-refractivity contribution < 1.29 is 4.79 Å². The van der Waals surface area contributed by atoms with Crippen molar-refractivity contribution in [3.05, 3.63) is 59.2 Å². The number of thiazole rings is 1. The van der Waals surface area contributed by atoms with Gasteiger partial charge in [-0.3, -0.25) is 4.79 Å².